The SMILES string of the molecule is CCN(CC)C(CNC(=O)C(C)NC(=O)c1ccco1)c1ccccc1. The van der Waals surface area contributed by atoms with Crippen molar-refractivity contribution in [3.8, 4) is 0 Å². The summed E-state index contributed by atoms with van der Waals surface area (Å²) in [6.45, 7) is 8.12. The molecule has 0 aliphatic heterocycles. The molecule has 1 aromatic heterocycles. The number of amides is 2. The molecule has 2 aromatic rings. The van der Waals surface area contributed by atoms with E-state index in [4.69, 9.17) is 4.42 Å². The number of nitrogens with zero attached hydrogens (tertiary/aromatic N) is 1. The van der Waals surface area contributed by atoms with Gasteiger partial charge >= 0.3 is 0 Å². The van der Waals surface area contributed by atoms with Gasteiger partial charge in [-0.2, -0.15) is 0 Å². The van der Waals surface area contributed by atoms with Crippen molar-refractivity contribution in [1.29, 1.82) is 0 Å². The Morgan fingerprint density at radius 1 is 1.08 bits per heavy atom. The zero-order chi connectivity index (χ0) is 18.9. The Morgan fingerprint density at radius 2 is 1.77 bits per heavy atom. The molecule has 2 N–H and O–H groups in total. The van der Waals surface area contributed by atoms with Gasteiger partial charge in [0.1, 0.15) is 6.04 Å². The molecular formula is C20H27N3O3. The van der Waals surface area contributed by atoms with Gasteiger partial charge in [0.25, 0.3) is 5.91 Å². The first kappa shape index (κ1) is 19.7. The topological polar surface area (TPSA) is 74.6 Å². The van der Waals surface area contributed by atoms with E-state index in [1.165, 1.54) is 6.26 Å². The third-order valence-corrected chi connectivity index (χ3v) is 4.39. The minimum absolute atomic E-state index is 0.0862. The average Bonchev–Trinajstić information content (AvgIpc) is 3.20. The van der Waals surface area contributed by atoms with Gasteiger partial charge in [-0.15, -0.1) is 0 Å². The van der Waals surface area contributed by atoms with Gasteiger partial charge in [-0.25, -0.2) is 0 Å². The highest BCUT2D eigenvalue weighted by Crippen LogP contribution is 2.19. The predicted octanol–water partition coefficient (Wildman–Crippen LogP) is 2.60. The van der Waals surface area contributed by atoms with Gasteiger partial charge < -0.3 is 15.1 Å². The van der Waals surface area contributed by atoms with Crippen molar-refractivity contribution < 1.29 is 14.0 Å². The summed E-state index contributed by atoms with van der Waals surface area (Å²) in [5.41, 5.74) is 1.16. The Balaban J connectivity index is 1.96. The molecule has 0 fully saturated rings. The molecular weight excluding hydrogens is 330 g/mol. The van der Waals surface area contributed by atoms with Crippen LogP contribution in [0.3, 0.4) is 0 Å². The molecule has 2 unspecified atom stereocenters. The molecule has 0 radical (unpaired) electrons. The van der Waals surface area contributed by atoms with Gasteiger partial charge in [0, 0.05) is 6.54 Å². The van der Waals surface area contributed by atoms with Crippen LogP contribution in [0.4, 0.5) is 0 Å². The van der Waals surface area contributed by atoms with E-state index in [-0.39, 0.29) is 17.7 Å². The Labute approximate surface area is 154 Å². The maximum Gasteiger partial charge on any atom is 0.287 e. The minimum Gasteiger partial charge on any atom is -0.459 e. The van der Waals surface area contributed by atoms with E-state index in [9.17, 15) is 9.59 Å². The molecule has 0 aliphatic rings. The Bertz CT molecular complexity index is 682. The van der Waals surface area contributed by atoms with Crippen LogP contribution in [0.5, 0.6) is 0 Å². The maximum absolute atomic E-state index is 12.4. The largest absolute Gasteiger partial charge is 0.459 e. The van der Waals surface area contributed by atoms with Crippen molar-refractivity contribution in [3.05, 3.63) is 60.1 Å². The highest BCUT2D eigenvalue weighted by atomic mass is 16.3. The van der Waals surface area contributed by atoms with Gasteiger partial charge in [0.15, 0.2) is 5.76 Å². The zero-order valence-electron chi connectivity index (χ0n) is 15.6. The van der Waals surface area contributed by atoms with Crippen molar-refractivity contribution in [2.75, 3.05) is 19.6 Å². The zero-order valence-corrected chi connectivity index (χ0v) is 15.6. The van der Waals surface area contributed by atoms with Crippen molar-refractivity contribution in [2.45, 2.75) is 32.9 Å². The molecule has 140 valence electrons. The summed E-state index contributed by atoms with van der Waals surface area (Å²) < 4.78 is 5.04. The third kappa shape index (κ3) is 5.20. The fourth-order valence-electron chi connectivity index (χ4n) is 2.89. The highest BCUT2D eigenvalue weighted by Gasteiger charge is 2.22. The number of rotatable bonds is 9. The van der Waals surface area contributed by atoms with Gasteiger partial charge in [0.05, 0.1) is 12.3 Å². The first-order valence-electron chi connectivity index (χ1n) is 8.97. The van der Waals surface area contributed by atoms with Crippen molar-refractivity contribution in [2.24, 2.45) is 0 Å². The number of hydrogen-bond acceptors (Lipinski definition) is 4. The monoisotopic (exact) mass is 357 g/mol. The van der Waals surface area contributed by atoms with E-state index < -0.39 is 11.9 Å². The third-order valence-electron chi connectivity index (χ3n) is 4.39. The van der Waals surface area contributed by atoms with Crippen LogP contribution in [0.1, 0.15) is 42.9 Å². The minimum atomic E-state index is -0.652. The van der Waals surface area contributed by atoms with Crippen LogP contribution < -0.4 is 10.6 Å². The van der Waals surface area contributed by atoms with E-state index in [1.807, 2.05) is 18.2 Å². The van der Waals surface area contributed by atoms with Gasteiger partial charge in [-0.05, 0) is 37.7 Å². The van der Waals surface area contributed by atoms with Crippen molar-refractivity contribution in [3.63, 3.8) is 0 Å². The summed E-state index contributed by atoms with van der Waals surface area (Å²) in [7, 11) is 0. The summed E-state index contributed by atoms with van der Waals surface area (Å²) in [5, 5.41) is 5.60. The molecule has 2 rings (SSSR count). The number of carbonyl (C=O) groups is 2. The molecule has 6 heteroatoms. The Kier molecular flexibility index (Phi) is 7.41. The number of carbonyl (C=O) groups excluding carboxylic acids is 2. The summed E-state index contributed by atoms with van der Waals surface area (Å²) in [5.74, 6) is -0.436. The van der Waals surface area contributed by atoms with Gasteiger partial charge in [0.2, 0.25) is 5.91 Å². The lowest BCUT2D eigenvalue weighted by atomic mass is 10.0. The van der Waals surface area contributed by atoms with Crippen LogP contribution in [0.25, 0.3) is 0 Å². The quantitative estimate of drug-likeness (QED) is 0.723. The van der Waals surface area contributed by atoms with Crippen LogP contribution >= 0.6 is 0 Å². The lowest BCUT2D eigenvalue weighted by Gasteiger charge is -2.30. The van der Waals surface area contributed by atoms with E-state index in [1.54, 1.807) is 19.1 Å². The highest BCUT2D eigenvalue weighted by molar-refractivity contribution is 5.95. The van der Waals surface area contributed by atoms with E-state index >= 15 is 0 Å². The lowest BCUT2D eigenvalue weighted by molar-refractivity contribution is -0.122. The van der Waals surface area contributed by atoms with Crippen LogP contribution in [0.15, 0.2) is 53.1 Å². The van der Waals surface area contributed by atoms with Crippen molar-refractivity contribution in [1.82, 2.24) is 15.5 Å². The Morgan fingerprint density at radius 3 is 2.35 bits per heavy atom. The van der Waals surface area contributed by atoms with Gasteiger partial charge in [-0.3, -0.25) is 14.5 Å². The number of nitrogens with one attached hydrogen (secondary N) is 2. The molecule has 0 saturated carbocycles. The first-order chi connectivity index (χ1) is 12.6. The molecule has 0 aliphatic carbocycles. The molecule has 2 amide bonds. The summed E-state index contributed by atoms with van der Waals surface area (Å²) in [6, 6.07) is 12.7. The second kappa shape index (κ2) is 9.77. The number of furan rings is 1. The van der Waals surface area contributed by atoms with E-state index in [0.29, 0.717) is 6.54 Å². The van der Waals surface area contributed by atoms with E-state index in [2.05, 4.69) is 41.5 Å². The molecule has 2 atom stereocenters. The van der Waals surface area contributed by atoms with Crippen LogP contribution in [-0.2, 0) is 4.79 Å². The maximum atomic E-state index is 12.4. The van der Waals surface area contributed by atoms with Gasteiger partial charge in [-0.1, -0.05) is 44.2 Å². The summed E-state index contributed by atoms with van der Waals surface area (Å²) in [6.07, 6.45) is 1.42. The summed E-state index contributed by atoms with van der Waals surface area (Å²) in [4.78, 5) is 26.7. The molecule has 6 nitrogen and oxygen atoms in total. The van der Waals surface area contributed by atoms with Crippen LogP contribution in [0.2, 0.25) is 0 Å². The number of likely N-dealkylation sites (N-methyl/N-ethyl adjacent to an activating group) is 1. The van der Waals surface area contributed by atoms with Crippen LogP contribution in [-0.4, -0.2) is 42.4 Å². The van der Waals surface area contributed by atoms with Crippen molar-refractivity contribution >= 4 is 11.8 Å². The predicted molar refractivity (Wildman–Crippen MR) is 101 cm³/mol. The summed E-state index contributed by atoms with van der Waals surface area (Å²) >= 11 is 0. The molecule has 0 spiro atoms. The second-order valence-electron chi connectivity index (χ2n) is 6.07. The van der Waals surface area contributed by atoms with E-state index in [0.717, 1.165) is 18.7 Å². The molecule has 1 heterocycles. The lowest BCUT2D eigenvalue weighted by Crippen LogP contribution is -2.47. The normalized spacial score (nSPS) is 13.2. The standard InChI is InChI=1S/C20H27N3O3/c1-4-23(5-2)17(16-10-7-6-8-11-16)14-21-19(24)15(3)22-20(25)18-12-9-13-26-18/h6-13,15,17H,4-5,14H2,1-3H3,(H,21,24)(H,22,25). The fraction of sp³-hybridized carbons (Fsp3) is 0.400. The molecule has 0 bridgehead atoms. The average molecular weight is 357 g/mol. The second-order valence-corrected chi connectivity index (χ2v) is 6.07. The Hall–Kier alpha value is -2.60. The molecule has 1 aromatic carbocycles. The fourth-order valence-corrected chi connectivity index (χ4v) is 2.89. The molecule has 26 heavy (non-hydrogen) atoms. The first-order valence-corrected chi connectivity index (χ1v) is 8.97. The number of hydrogen-bond donors (Lipinski definition) is 2. The molecule has 0 saturated heterocycles. The smallest absolute Gasteiger partial charge is 0.287 e. The number of benzene rings is 1. The van der Waals surface area contributed by atoms with Crippen LogP contribution in [0, 0.1) is 0 Å².